The van der Waals surface area contributed by atoms with E-state index in [9.17, 15) is 4.79 Å². The smallest absolute Gasteiger partial charge is 0.227 e. The summed E-state index contributed by atoms with van der Waals surface area (Å²) in [5.41, 5.74) is 1.01. The zero-order valence-electron chi connectivity index (χ0n) is 18.0. The van der Waals surface area contributed by atoms with Gasteiger partial charge >= 0.3 is 0 Å². The van der Waals surface area contributed by atoms with E-state index in [0.29, 0.717) is 25.6 Å². The molecule has 4 heterocycles. The standard InChI is InChI=1S/C24H27N7O/c32-23(20-8-4-13-31(18-20)24-26-10-5-11-27-24)30-16-14-29(15-17-30)21-9-12-25-22(28-21)19-6-2-1-3-7-19/h1-3,5-7,9-12,20H,4,8,13-18H2. The fourth-order valence-corrected chi connectivity index (χ4v) is 4.48. The van der Waals surface area contributed by atoms with Crippen molar-refractivity contribution in [3.8, 4) is 11.4 Å². The maximum Gasteiger partial charge on any atom is 0.227 e. The molecule has 0 aliphatic carbocycles. The topological polar surface area (TPSA) is 78.4 Å². The van der Waals surface area contributed by atoms with Crippen LogP contribution >= 0.6 is 0 Å². The van der Waals surface area contributed by atoms with Gasteiger partial charge in [-0.2, -0.15) is 0 Å². The van der Waals surface area contributed by atoms with Crippen molar-refractivity contribution in [3.05, 3.63) is 61.1 Å². The lowest BCUT2D eigenvalue weighted by Gasteiger charge is -2.39. The first-order chi connectivity index (χ1) is 15.8. The molecule has 0 spiro atoms. The number of rotatable bonds is 4. The molecule has 0 radical (unpaired) electrons. The van der Waals surface area contributed by atoms with Gasteiger partial charge in [0.1, 0.15) is 5.82 Å². The monoisotopic (exact) mass is 429 g/mol. The average molecular weight is 430 g/mol. The fourth-order valence-electron chi connectivity index (χ4n) is 4.48. The van der Waals surface area contributed by atoms with Crippen LogP contribution in [-0.4, -0.2) is 70.0 Å². The number of carbonyl (C=O) groups excluding carboxylic acids is 1. The molecule has 1 atom stereocenters. The van der Waals surface area contributed by atoms with E-state index in [4.69, 9.17) is 4.98 Å². The van der Waals surface area contributed by atoms with Crippen molar-refractivity contribution in [2.24, 2.45) is 5.92 Å². The van der Waals surface area contributed by atoms with Gasteiger partial charge in [-0.05, 0) is 25.0 Å². The lowest BCUT2D eigenvalue weighted by molar-refractivity contribution is -0.136. The van der Waals surface area contributed by atoms with E-state index in [0.717, 1.165) is 49.7 Å². The summed E-state index contributed by atoms with van der Waals surface area (Å²) < 4.78 is 0. The van der Waals surface area contributed by atoms with Gasteiger partial charge in [0, 0.05) is 63.4 Å². The van der Waals surface area contributed by atoms with Gasteiger partial charge in [-0.25, -0.2) is 19.9 Å². The highest BCUT2D eigenvalue weighted by Crippen LogP contribution is 2.24. The van der Waals surface area contributed by atoms with Gasteiger partial charge in [0.05, 0.1) is 5.92 Å². The lowest BCUT2D eigenvalue weighted by Crippen LogP contribution is -2.53. The van der Waals surface area contributed by atoms with Crippen molar-refractivity contribution in [1.82, 2.24) is 24.8 Å². The molecule has 0 N–H and O–H groups in total. The molecule has 1 unspecified atom stereocenters. The van der Waals surface area contributed by atoms with Crippen LogP contribution in [0.2, 0.25) is 0 Å². The van der Waals surface area contributed by atoms with Gasteiger partial charge in [-0.1, -0.05) is 30.3 Å². The van der Waals surface area contributed by atoms with E-state index in [2.05, 4.69) is 24.8 Å². The number of benzene rings is 1. The summed E-state index contributed by atoms with van der Waals surface area (Å²) in [6, 6.07) is 13.8. The third-order valence-corrected chi connectivity index (χ3v) is 6.19. The molecule has 2 aliphatic rings. The maximum absolute atomic E-state index is 13.2. The number of hydrogen-bond acceptors (Lipinski definition) is 7. The first kappa shape index (κ1) is 20.4. The van der Waals surface area contributed by atoms with E-state index in [1.54, 1.807) is 12.4 Å². The van der Waals surface area contributed by atoms with Crippen molar-refractivity contribution in [2.75, 3.05) is 49.1 Å². The highest BCUT2D eigenvalue weighted by molar-refractivity contribution is 5.80. The molecule has 2 fully saturated rings. The molecule has 164 valence electrons. The molecular weight excluding hydrogens is 402 g/mol. The molecule has 8 nitrogen and oxygen atoms in total. The fraction of sp³-hybridized carbons (Fsp3) is 0.375. The van der Waals surface area contributed by atoms with E-state index >= 15 is 0 Å². The number of nitrogens with zero attached hydrogens (tertiary/aromatic N) is 7. The Balaban J connectivity index is 1.20. The first-order valence-corrected chi connectivity index (χ1v) is 11.2. The second-order valence-corrected chi connectivity index (χ2v) is 8.25. The summed E-state index contributed by atoms with van der Waals surface area (Å²) in [6.45, 7) is 4.56. The van der Waals surface area contributed by atoms with Crippen LogP contribution in [0.25, 0.3) is 11.4 Å². The van der Waals surface area contributed by atoms with E-state index in [1.807, 2.05) is 53.6 Å². The van der Waals surface area contributed by atoms with Crippen molar-refractivity contribution in [1.29, 1.82) is 0 Å². The SMILES string of the molecule is O=C(C1CCCN(c2ncccn2)C1)N1CCN(c2ccnc(-c3ccccc3)n2)CC1. The van der Waals surface area contributed by atoms with Crippen LogP contribution in [0.1, 0.15) is 12.8 Å². The Hall–Kier alpha value is -3.55. The predicted molar refractivity (Wildman–Crippen MR) is 123 cm³/mol. The van der Waals surface area contributed by atoms with Crippen LogP contribution in [0, 0.1) is 5.92 Å². The summed E-state index contributed by atoms with van der Waals surface area (Å²) in [7, 11) is 0. The Morgan fingerprint density at radius 1 is 0.812 bits per heavy atom. The Morgan fingerprint density at radius 2 is 1.59 bits per heavy atom. The number of piperazine rings is 1. The van der Waals surface area contributed by atoms with Gasteiger partial charge in [0.2, 0.25) is 11.9 Å². The molecule has 0 bridgehead atoms. The minimum absolute atomic E-state index is 0.00263. The molecule has 5 rings (SSSR count). The van der Waals surface area contributed by atoms with Crippen molar-refractivity contribution in [2.45, 2.75) is 12.8 Å². The highest BCUT2D eigenvalue weighted by atomic mass is 16.2. The molecule has 1 amide bonds. The molecular formula is C24H27N7O. The van der Waals surface area contributed by atoms with Crippen molar-refractivity contribution < 1.29 is 4.79 Å². The summed E-state index contributed by atoms with van der Waals surface area (Å²) in [5, 5.41) is 0. The number of piperidine rings is 1. The van der Waals surface area contributed by atoms with Crippen LogP contribution in [-0.2, 0) is 4.79 Å². The van der Waals surface area contributed by atoms with Gasteiger partial charge in [-0.15, -0.1) is 0 Å². The predicted octanol–water partition coefficient (Wildman–Crippen LogP) is 2.50. The number of carbonyl (C=O) groups is 1. The van der Waals surface area contributed by atoms with E-state index in [-0.39, 0.29) is 11.8 Å². The number of aromatic nitrogens is 4. The third-order valence-electron chi connectivity index (χ3n) is 6.19. The van der Waals surface area contributed by atoms with Crippen LogP contribution in [0.15, 0.2) is 61.1 Å². The molecule has 2 saturated heterocycles. The van der Waals surface area contributed by atoms with Gasteiger partial charge in [0.15, 0.2) is 5.82 Å². The molecule has 2 aliphatic heterocycles. The first-order valence-electron chi connectivity index (χ1n) is 11.2. The molecule has 1 aromatic carbocycles. The van der Waals surface area contributed by atoms with Crippen LogP contribution in [0.3, 0.4) is 0 Å². The van der Waals surface area contributed by atoms with E-state index < -0.39 is 0 Å². The maximum atomic E-state index is 13.2. The minimum Gasteiger partial charge on any atom is -0.353 e. The normalized spacial score (nSPS) is 19.1. The molecule has 3 aromatic rings. The largest absolute Gasteiger partial charge is 0.353 e. The molecule has 8 heteroatoms. The molecule has 32 heavy (non-hydrogen) atoms. The Bertz CT molecular complexity index is 1040. The Labute approximate surface area is 188 Å². The van der Waals surface area contributed by atoms with Gasteiger partial charge in [0.25, 0.3) is 0 Å². The molecule has 2 aromatic heterocycles. The summed E-state index contributed by atoms with van der Waals surface area (Å²) >= 11 is 0. The third kappa shape index (κ3) is 4.39. The van der Waals surface area contributed by atoms with E-state index in [1.165, 1.54) is 0 Å². The number of amides is 1. The van der Waals surface area contributed by atoms with Crippen LogP contribution in [0.4, 0.5) is 11.8 Å². The van der Waals surface area contributed by atoms with Crippen LogP contribution in [0.5, 0.6) is 0 Å². The second-order valence-electron chi connectivity index (χ2n) is 8.25. The zero-order valence-corrected chi connectivity index (χ0v) is 18.0. The lowest BCUT2D eigenvalue weighted by atomic mass is 9.96. The van der Waals surface area contributed by atoms with Crippen molar-refractivity contribution in [3.63, 3.8) is 0 Å². The number of hydrogen-bond donors (Lipinski definition) is 0. The quantitative estimate of drug-likeness (QED) is 0.631. The van der Waals surface area contributed by atoms with Gasteiger partial charge < -0.3 is 14.7 Å². The minimum atomic E-state index is 0.00263. The molecule has 0 saturated carbocycles. The summed E-state index contributed by atoms with van der Waals surface area (Å²) in [6.07, 6.45) is 7.23. The Morgan fingerprint density at radius 3 is 2.38 bits per heavy atom. The average Bonchev–Trinajstić information content (AvgIpc) is 2.89. The zero-order chi connectivity index (χ0) is 21.8. The van der Waals surface area contributed by atoms with Crippen molar-refractivity contribution >= 4 is 17.7 Å². The highest BCUT2D eigenvalue weighted by Gasteiger charge is 2.32. The van der Waals surface area contributed by atoms with Gasteiger partial charge in [-0.3, -0.25) is 4.79 Å². The summed E-state index contributed by atoms with van der Waals surface area (Å²) in [4.78, 5) is 37.5. The Kier molecular flexibility index (Phi) is 5.91. The second kappa shape index (κ2) is 9.30. The summed E-state index contributed by atoms with van der Waals surface area (Å²) in [5.74, 6) is 2.61. The van der Waals surface area contributed by atoms with Crippen LogP contribution < -0.4 is 9.80 Å². The number of anilines is 2.